The summed E-state index contributed by atoms with van der Waals surface area (Å²) in [6, 6.07) is 4.94. The minimum absolute atomic E-state index is 0.00610. The second-order valence-corrected chi connectivity index (χ2v) is 8.48. The number of halogens is 2. The molecule has 1 atom stereocenters. The fourth-order valence-corrected chi connectivity index (χ4v) is 4.20. The summed E-state index contributed by atoms with van der Waals surface area (Å²) in [5, 5.41) is 0.824. The number of benzene rings is 1. The van der Waals surface area contributed by atoms with Gasteiger partial charge in [0.1, 0.15) is 0 Å². The first-order valence-electron chi connectivity index (χ1n) is 9.60. The van der Waals surface area contributed by atoms with E-state index in [0.29, 0.717) is 54.8 Å². The molecule has 1 unspecified atom stereocenters. The van der Waals surface area contributed by atoms with Crippen LogP contribution in [0.5, 0.6) is 0 Å². The third kappa shape index (κ3) is 4.44. The van der Waals surface area contributed by atoms with Crippen molar-refractivity contribution in [3.8, 4) is 0 Å². The van der Waals surface area contributed by atoms with Crippen LogP contribution in [-0.2, 0) is 9.59 Å². The van der Waals surface area contributed by atoms with Crippen LogP contribution in [0.15, 0.2) is 18.2 Å². The second kappa shape index (κ2) is 8.70. The van der Waals surface area contributed by atoms with Gasteiger partial charge >= 0.3 is 0 Å². The lowest BCUT2D eigenvalue weighted by Gasteiger charge is -2.25. The molecule has 2 heterocycles. The van der Waals surface area contributed by atoms with Gasteiger partial charge < -0.3 is 14.7 Å². The van der Waals surface area contributed by atoms with E-state index in [9.17, 15) is 14.4 Å². The normalized spacial score (nSPS) is 20.7. The van der Waals surface area contributed by atoms with Crippen molar-refractivity contribution < 1.29 is 14.4 Å². The molecule has 0 saturated carbocycles. The number of likely N-dealkylation sites (tertiary alicyclic amines) is 1. The lowest BCUT2D eigenvalue weighted by molar-refractivity contribution is -0.135. The van der Waals surface area contributed by atoms with Gasteiger partial charge in [0, 0.05) is 50.2 Å². The minimum atomic E-state index is -0.292. The zero-order valence-corrected chi connectivity index (χ0v) is 17.7. The summed E-state index contributed by atoms with van der Waals surface area (Å²) >= 11 is 12.2. The molecule has 0 spiro atoms. The Morgan fingerprint density at radius 2 is 1.75 bits per heavy atom. The molecule has 1 aromatic rings. The van der Waals surface area contributed by atoms with Crippen LogP contribution in [-0.4, -0.2) is 71.2 Å². The maximum Gasteiger partial charge on any atom is 0.255 e. The van der Waals surface area contributed by atoms with Crippen LogP contribution in [0.3, 0.4) is 0 Å². The highest BCUT2D eigenvalue weighted by molar-refractivity contribution is 6.35. The average Bonchev–Trinajstić information content (AvgIpc) is 2.89. The van der Waals surface area contributed by atoms with E-state index in [1.165, 1.54) is 0 Å². The van der Waals surface area contributed by atoms with Crippen molar-refractivity contribution in [1.29, 1.82) is 0 Å². The Hall–Kier alpha value is -1.79. The van der Waals surface area contributed by atoms with E-state index in [-0.39, 0.29) is 36.1 Å². The van der Waals surface area contributed by atoms with Crippen molar-refractivity contribution >= 4 is 40.9 Å². The summed E-state index contributed by atoms with van der Waals surface area (Å²) < 4.78 is 0. The molecule has 28 heavy (non-hydrogen) atoms. The average molecular weight is 426 g/mol. The Kier molecular flexibility index (Phi) is 6.50. The van der Waals surface area contributed by atoms with Crippen LogP contribution in [0.1, 0.15) is 37.0 Å². The Labute approximate surface area is 175 Å². The molecule has 0 N–H and O–H groups in total. The maximum atomic E-state index is 12.9. The van der Waals surface area contributed by atoms with E-state index in [4.69, 9.17) is 23.2 Å². The van der Waals surface area contributed by atoms with Crippen LogP contribution >= 0.6 is 23.2 Å². The first kappa shape index (κ1) is 20.9. The lowest BCUT2D eigenvalue weighted by atomic mass is 10.1. The van der Waals surface area contributed by atoms with Gasteiger partial charge in [0.05, 0.1) is 16.5 Å². The third-order valence-electron chi connectivity index (χ3n) is 5.38. The van der Waals surface area contributed by atoms with Crippen molar-refractivity contribution in [2.45, 2.75) is 32.7 Å². The number of carbonyl (C=O) groups excluding carboxylic acids is 3. The lowest BCUT2D eigenvalue weighted by Crippen LogP contribution is -2.41. The Morgan fingerprint density at radius 3 is 2.43 bits per heavy atom. The molecule has 1 aromatic carbocycles. The van der Waals surface area contributed by atoms with E-state index in [0.717, 1.165) is 0 Å². The molecule has 2 aliphatic rings. The molecular formula is C20H25Cl2N3O3. The van der Waals surface area contributed by atoms with Gasteiger partial charge in [-0.2, -0.15) is 0 Å². The quantitative estimate of drug-likeness (QED) is 0.747. The van der Waals surface area contributed by atoms with Gasteiger partial charge in [0.2, 0.25) is 11.8 Å². The number of amides is 3. The number of rotatable bonds is 3. The molecule has 2 saturated heterocycles. The Bertz CT molecular complexity index is 784. The van der Waals surface area contributed by atoms with Crippen LogP contribution in [0, 0.1) is 5.92 Å². The SMILES string of the molecule is CC(C)N1CC(C(=O)N2CCCN(C(=O)c3cc(Cl)ccc3Cl)CC2)CC1=O. The molecule has 3 amide bonds. The topological polar surface area (TPSA) is 60.9 Å². The predicted molar refractivity (Wildman–Crippen MR) is 109 cm³/mol. The third-order valence-corrected chi connectivity index (χ3v) is 5.95. The van der Waals surface area contributed by atoms with Crippen LogP contribution < -0.4 is 0 Å². The molecule has 0 radical (unpaired) electrons. The summed E-state index contributed by atoms with van der Waals surface area (Å²) in [7, 11) is 0. The van der Waals surface area contributed by atoms with Crippen LogP contribution in [0.4, 0.5) is 0 Å². The highest BCUT2D eigenvalue weighted by atomic mass is 35.5. The maximum absolute atomic E-state index is 12.9. The highest BCUT2D eigenvalue weighted by Crippen LogP contribution is 2.25. The molecule has 0 bridgehead atoms. The summed E-state index contributed by atoms with van der Waals surface area (Å²) in [5.41, 5.74) is 0.378. The van der Waals surface area contributed by atoms with Crippen molar-refractivity contribution in [3.05, 3.63) is 33.8 Å². The molecular weight excluding hydrogens is 401 g/mol. The summed E-state index contributed by atoms with van der Waals surface area (Å²) in [5.74, 6) is -0.425. The van der Waals surface area contributed by atoms with E-state index >= 15 is 0 Å². The first-order valence-corrected chi connectivity index (χ1v) is 10.4. The second-order valence-electron chi connectivity index (χ2n) is 7.64. The standard InChI is InChI=1S/C20H25Cl2N3O3/c1-13(2)25-12-14(10-18(25)26)19(27)23-6-3-7-24(9-8-23)20(28)16-11-15(21)4-5-17(16)22/h4-5,11,13-14H,3,6-10,12H2,1-2H3. The molecule has 0 aliphatic carbocycles. The van der Waals surface area contributed by atoms with Crippen LogP contribution in [0.2, 0.25) is 10.0 Å². The molecule has 0 aromatic heterocycles. The van der Waals surface area contributed by atoms with E-state index in [1.54, 1.807) is 32.9 Å². The van der Waals surface area contributed by atoms with Crippen molar-refractivity contribution in [3.63, 3.8) is 0 Å². The van der Waals surface area contributed by atoms with E-state index < -0.39 is 0 Å². The number of nitrogens with zero attached hydrogens (tertiary/aromatic N) is 3. The fraction of sp³-hybridized carbons (Fsp3) is 0.550. The van der Waals surface area contributed by atoms with Crippen molar-refractivity contribution in [2.75, 3.05) is 32.7 Å². The fourth-order valence-electron chi connectivity index (χ4n) is 3.83. The summed E-state index contributed by atoms with van der Waals surface area (Å²) in [6.45, 7) is 6.41. The number of carbonyl (C=O) groups is 3. The van der Waals surface area contributed by atoms with E-state index in [1.807, 2.05) is 13.8 Å². The molecule has 2 fully saturated rings. The largest absolute Gasteiger partial charge is 0.341 e. The Morgan fingerprint density at radius 1 is 1.07 bits per heavy atom. The van der Waals surface area contributed by atoms with Gasteiger partial charge in [-0.3, -0.25) is 14.4 Å². The minimum Gasteiger partial charge on any atom is -0.341 e. The zero-order valence-electron chi connectivity index (χ0n) is 16.2. The summed E-state index contributed by atoms with van der Waals surface area (Å²) in [6.07, 6.45) is 0.957. The van der Waals surface area contributed by atoms with Gasteiger partial charge in [-0.25, -0.2) is 0 Å². The smallest absolute Gasteiger partial charge is 0.255 e. The van der Waals surface area contributed by atoms with Gasteiger partial charge in [-0.15, -0.1) is 0 Å². The monoisotopic (exact) mass is 425 g/mol. The van der Waals surface area contributed by atoms with Gasteiger partial charge in [0.15, 0.2) is 0 Å². The highest BCUT2D eigenvalue weighted by Gasteiger charge is 2.38. The van der Waals surface area contributed by atoms with Crippen molar-refractivity contribution in [1.82, 2.24) is 14.7 Å². The predicted octanol–water partition coefficient (Wildman–Crippen LogP) is 2.92. The molecule has 6 nitrogen and oxygen atoms in total. The van der Waals surface area contributed by atoms with Gasteiger partial charge in [-0.05, 0) is 38.5 Å². The number of hydrogen-bond donors (Lipinski definition) is 0. The number of hydrogen-bond acceptors (Lipinski definition) is 3. The van der Waals surface area contributed by atoms with Crippen LogP contribution in [0.25, 0.3) is 0 Å². The molecule has 8 heteroatoms. The molecule has 2 aliphatic heterocycles. The van der Waals surface area contributed by atoms with Crippen molar-refractivity contribution in [2.24, 2.45) is 5.92 Å². The summed E-state index contributed by atoms with van der Waals surface area (Å²) in [4.78, 5) is 43.1. The molecule has 152 valence electrons. The first-order chi connectivity index (χ1) is 13.3. The van der Waals surface area contributed by atoms with E-state index in [2.05, 4.69) is 0 Å². The van der Waals surface area contributed by atoms with Gasteiger partial charge in [0.25, 0.3) is 5.91 Å². The van der Waals surface area contributed by atoms with Gasteiger partial charge in [-0.1, -0.05) is 23.2 Å². The molecule has 3 rings (SSSR count). The Balaban J connectivity index is 1.63. The zero-order chi connectivity index (χ0) is 20.4.